The van der Waals surface area contributed by atoms with E-state index in [0.29, 0.717) is 18.4 Å². The minimum atomic E-state index is -0.654. The van der Waals surface area contributed by atoms with E-state index in [1.54, 1.807) is 6.92 Å². The van der Waals surface area contributed by atoms with Crippen LogP contribution in [-0.2, 0) is 14.3 Å². The van der Waals surface area contributed by atoms with Crippen LogP contribution in [0.3, 0.4) is 0 Å². The monoisotopic (exact) mass is 490 g/mol. The minimum absolute atomic E-state index is 0.0503. The fraction of sp³-hybridized carbons (Fsp3) is 0.370. The second kappa shape index (κ2) is 10.0. The summed E-state index contributed by atoms with van der Waals surface area (Å²) in [5.41, 5.74) is 1.65. The molecule has 2 aliphatic rings. The molecule has 0 bridgehead atoms. The molecule has 3 heterocycles. The standard InChI is InChI=1S/C27H30N4O5/c1-18-17-31(27(34)28-26(18)33)25-16-23(35-19(2)32)22(36-25)15-24-29(20-9-5-3-6-10-20)13-14-30(24)21-11-7-4-8-12-21/h3-12,17,22-25H,13-16H2,1-2H3,(H,28,33,34)/t22-,23+,25-/m1/s1. The van der Waals surface area contributed by atoms with Crippen LogP contribution < -0.4 is 21.0 Å². The summed E-state index contributed by atoms with van der Waals surface area (Å²) in [7, 11) is 0. The summed E-state index contributed by atoms with van der Waals surface area (Å²) < 4.78 is 13.4. The van der Waals surface area contributed by atoms with E-state index in [1.165, 1.54) is 17.7 Å². The molecule has 0 saturated carbocycles. The van der Waals surface area contributed by atoms with Gasteiger partial charge in [0.15, 0.2) is 0 Å². The fourth-order valence-electron chi connectivity index (χ4n) is 5.20. The third-order valence-electron chi connectivity index (χ3n) is 6.87. The lowest BCUT2D eigenvalue weighted by Gasteiger charge is -2.35. The van der Waals surface area contributed by atoms with Gasteiger partial charge in [0, 0.05) is 56.0 Å². The maximum atomic E-state index is 12.5. The number of anilines is 2. The normalized spacial score (nSPS) is 22.2. The second-order valence-electron chi connectivity index (χ2n) is 9.27. The molecule has 3 atom stereocenters. The summed E-state index contributed by atoms with van der Waals surface area (Å²) in [5.74, 6) is -0.398. The SMILES string of the molecule is CC(=O)O[C@H]1C[C@H](n2cc(C)c(=O)[nH]c2=O)O[C@@H]1CC1N(c2ccccc2)CCN1c1ccccc1. The molecular weight excluding hydrogens is 460 g/mol. The van der Waals surface area contributed by atoms with Gasteiger partial charge in [-0.05, 0) is 31.2 Å². The van der Waals surface area contributed by atoms with Crippen molar-refractivity contribution in [2.75, 3.05) is 22.9 Å². The molecule has 36 heavy (non-hydrogen) atoms. The molecular formula is C27H30N4O5. The molecule has 0 aliphatic carbocycles. The van der Waals surface area contributed by atoms with Gasteiger partial charge in [-0.25, -0.2) is 4.79 Å². The van der Waals surface area contributed by atoms with Crippen molar-refractivity contribution in [3.8, 4) is 0 Å². The summed E-state index contributed by atoms with van der Waals surface area (Å²) in [6.45, 7) is 4.68. The van der Waals surface area contributed by atoms with Crippen molar-refractivity contribution in [2.24, 2.45) is 0 Å². The fourth-order valence-corrected chi connectivity index (χ4v) is 5.20. The third-order valence-corrected chi connectivity index (χ3v) is 6.87. The Bertz CT molecular complexity index is 1280. The van der Waals surface area contributed by atoms with Gasteiger partial charge in [0.25, 0.3) is 5.56 Å². The highest BCUT2D eigenvalue weighted by molar-refractivity contribution is 5.66. The highest BCUT2D eigenvalue weighted by Crippen LogP contribution is 2.37. The maximum Gasteiger partial charge on any atom is 0.330 e. The number of carbonyl (C=O) groups excluding carboxylic acids is 1. The van der Waals surface area contributed by atoms with Crippen molar-refractivity contribution in [3.05, 3.63) is 93.3 Å². The van der Waals surface area contributed by atoms with Crippen LogP contribution in [0.1, 0.15) is 31.6 Å². The molecule has 9 nitrogen and oxygen atoms in total. The highest BCUT2D eigenvalue weighted by atomic mass is 16.6. The van der Waals surface area contributed by atoms with E-state index in [0.717, 1.165) is 24.5 Å². The predicted octanol–water partition coefficient (Wildman–Crippen LogP) is 2.81. The van der Waals surface area contributed by atoms with E-state index in [-0.39, 0.29) is 6.17 Å². The number of H-pyrrole nitrogens is 1. The lowest BCUT2D eigenvalue weighted by atomic mass is 10.1. The van der Waals surface area contributed by atoms with Gasteiger partial charge in [0.1, 0.15) is 24.6 Å². The Hall–Kier alpha value is -3.85. The molecule has 9 heteroatoms. The molecule has 2 aromatic carbocycles. The van der Waals surface area contributed by atoms with Crippen LogP contribution >= 0.6 is 0 Å². The van der Waals surface area contributed by atoms with Crippen molar-refractivity contribution in [1.29, 1.82) is 0 Å². The van der Waals surface area contributed by atoms with E-state index in [4.69, 9.17) is 9.47 Å². The number of aromatic nitrogens is 2. The molecule has 2 aliphatic heterocycles. The number of esters is 1. The first-order chi connectivity index (χ1) is 17.4. The minimum Gasteiger partial charge on any atom is -0.460 e. The van der Waals surface area contributed by atoms with E-state index < -0.39 is 35.7 Å². The molecule has 188 valence electrons. The van der Waals surface area contributed by atoms with Gasteiger partial charge >= 0.3 is 11.7 Å². The zero-order valence-corrected chi connectivity index (χ0v) is 20.4. The first-order valence-electron chi connectivity index (χ1n) is 12.2. The van der Waals surface area contributed by atoms with Crippen LogP contribution in [0.4, 0.5) is 11.4 Å². The number of carbonyl (C=O) groups is 1. The first kappa shape index (κ1) is 23.9. The highest BCUT2D eigenvalue weighted by Gasteiger charge is 2.43. The predicted molar refractivity (Wildman–Crippen MR) is 136 cm³/mol. The Morgan fingerprint density at radius 3 is 2.14 bits per heavy atom. The number of hydrogen-bond donors (Lipinski definition) is 1. The Balaban J connectivity index is 1.46. The number of aryl methyl sites for hydroxylation is 1. The van der Waals surface area contributed by atoms with Crippen LogP contribution in [0.25, 0.3) is 0 Å². The zero-order valence-electron chi connectivity index (χ0n) is 20.4. The van der Waals surface area contributed by atoms with E-state index in [9.17, 15) is 14.4 Å². The number of aromatic amines is 1. The molecule has 5 rings (SSSR count). The molecule has 0 spiro atoms. The molecule has 2 fully saturated rings. The number of hydrogen-bond acceptors (Lipinski definition) is 7. The number of para-hydroxylation sites is 2. The second-order valence-corrected chi connectivity index (χ2v) is 9.27. The van der Waals surface area contributed by atoms with Gasteiger partial charge in [-0.15, -0.1) is 0 Å². The largest absolute Gasteiger partial charge is 0.460 e. The van der Waals surface area contributed by atoms with Crippen LogP contribution in [-0.4, -0.2) is 47.0 Å². The molecule has 0 unspecified atom stereocenters. The number of nitrogens with zero attached hydrogens (tertiary/aromatic N) is 3. The van der Waals surface area contributed by atoms with Crippen LogP contribution in [0.15, 0.2) is 76.4 Å². The molecule has 1 N–H and O–H groups in total. The van der Waals surface area contributed by atoms with Crippen molar-refractivity contribution in [3.63, 3.8) is 0 Å². The average Bonchev–Trinajstić information content (AvgIpc) is 3.46. The van der Waals surface area contributed by atoms with Gasteiger partial charge in [0.2, 0.25) is 0 Å². The lowest BCUT2D eigenvalue weighted by molar-refractivity contribution is -0.149. The average molecular weight is 491 g/mol. The van der Waals surface area contributed by atoms with Gasteiger partial charge in [-0.3, -0.25) is 19.1 Å². The Morgan fingerprint density at radius 2 is 1.58 bits per heavy atom. The Labute approximate surface area is 208 Å². The van der Waals surface area contributed by atoms with Crippen molar-refractivity contribution < 1.29 is 14.3 Å². The van der Waals surface area contributed by atoms with Crippen molar-refractivity contribution >= 4 is 17.3 Å². The third kappa shape index (κ3) is 4.79. The van der Waals surface area contributed by atoms with Gasteiger partial charge in [0.05, 0.1) is 0 Å². The van der Waals surface area contributed by atoms with Gasteiger partial charge in [-0.2, -0.15) is 0 Å². The molecule has 2 saturated heterocycles. The smallest absolute Gasteiger partial charge is 0.330 e. The quantitative estimate of drug-likeness (QED) is 0.531. The molecule has 3 aromatic rings. The summed E-state index contributed by atoms with van der Waals surface area (Å²) >= 11 is 0. The van der Waals surface area contributed by atoms with Gasteiger partial charge in [-0.1, -0.05) is 36.4 Å². The number of rotatable bonds is 6. The van der Waals surface area contributed by atoms with Crippen LogP contribution in [0.2, 0.25) is 0 Å². The Morgan fingerprint density at radius 1 is 1.00 bits per heavy atom. The Kier molecular flexibility index (Phi) is 6.65. The lowest BCUT2D eigenvalue weighted by Crippen LogP contribution is -2.44. The van der Waals surface area contributed by atoms with E-state index in [2.05, 4.69) is 39.0 Å². The molecule has 0 radical (unpaired) electrons. The summed E-state index contributed by atoms with van der Waals surface area (Å²) in [6, 6.07) is 20.4. The van der Waals surface area contributed by atoms with E-state index >= 15 is 0 Å². The molecule has 1 aromatic heterocycles. The summed E-state index contributed by atoms with van der Waals surface area (Å²) in [6.07, 6.45) is 0.695. The van der Waals surface area contributed by atoms with Gasteiger partial charge < -0.3 is 19.3 Å². The molecule has 0 amide bonds. The number of benzene rings is 2. The van der Waals surface area contributed by atoms with Crippen LogP contribution in [0, 0.1) is 6.92 Å². The first-order valence-corrected chi connectivity index (χ1v) is 12.2. The van der Waals surface area contributed by atoms with E-state index in [1.807, 2.05) is 36.4 Å². The number of ether oxygens (including phenoxy) is 2. The van der Waals surface area contributed by atoms with Crippen molar-refractivity contribution in [1.82, 2.24) is 9.55 Å². The number of nitrogens with one attached hydrogen (secondary N) is 1. The van der Waals surface area contributed by atoms with Crippen LogP contribution in [0.5, 0.6) is 0 Å². The zero-order chi connectivity index (χ0) is 25.2. The summed E-state index contributed by atoms with van der Waals surface area (Å²) in [5, 5.41) is 0. The topological polar surface area (TPSA) is 96.9 Å². The maximum absolute atomic E-state index is 12.5. The van der Waals surface area contributed by atoms with Crippen molar-refractivity contribution in [2.45, 2.75) is 51.3 Å². The summed E-state index contributed by atoms with van der Waals surface area (Å²) in [4.78, 5) is 43.4.